The number of nitrogens with one attached hydrogen (secondary N) is 1. The van der Waals surface area contributed by atoms with Crippen molar-refractivity contribution in [2.75, 3.05) is 26.8 Å². The average Bonchev–Trinajstić information content (AvgIpc) is 3.19. The van der Waals surface area contributed by atoms with Crippen LogP contribution in [0.5, 0.6) is 0 Å². The maximum Gasteiger partial charge on any atom is 0.269 e. The number of amides is 2. The highest BCUT2D eigenvalue weighted by molar-refractivity contribution is 5.97. The van der Waals surface area contributed by atoms with Crippen molar-refractivity contribution in [2.45, 2.75) is 24.9 Å². The molecule has 1 aromatic heterocycles. The van der Waals surface area contributed by atoms with Gasteiger partial charge in [0, 0.05) is 55.4 Å². The van der Waals surface area contributed by atoms with Gasteiger partial charge in [0.1, 0.15) is 6.04 Å². The molecule has 2 atom stereocenters. The fourth-order valence-corrected chi connectivity index (χ4v) is 5.04. The minimum atomic E-state index is -0.624. The summed E-state index contributed by atoms with van der Waals surface area (Å²) in [5.41, 5.74) is 3.51. The van der Waals surface area contributed by atoms with Gasteiger partial charge in [-0.1, -0.05) is 18.2 Å². The highest BCUT2D eigenvalue weighted by atomic mass is 16.6. The van der Waals surface area contributed by atoms with Gasteiger partial charge in [0.25, 0.3) is 5.69 Å². The SMILES string of the molecule is COCCCN1CC(=O)N2[C@@H](c3ccc([N+](=O)[O-])cc3)c3[nH]c4ccccc4c3C[C@H]2C1=O. The van der Waals surface area contributed by atoms with Gasteiger partial charge in [-0.05, 0) is 35.7 Å². The fraction of sp³-hybridized carbons (Fsp3) is 0.333. The van der Waals surface area contributed by atoms with Crippen molar-refractivity contribution in [2.24, 2.45) is 0 Å². The lowest BCUT2D eigenvalue weighted by atomic mass is 9.86. The molecule has 5 rings (SSSR count). The quantitative estimate of drug-likeness (QED) is 0.354. The van der Waals surface area contributed by atoms with Crippen molar-refractivity contribution in [1.29, 1.82) is 0 Å². The van der Waals surface area contributed by atoms with E-state index in [4.69, 9.17) is 4.74 Å². The molecule has 1 N–H and O–H groups in total. The standard InChI is InChI=1S/C24H24N4O5/c1-33-12-4-11-26-14-21(29)27-20(24(26)30)13-18-17-5-2-3-6-19(17)25-22(18)23(27)15-7-9-16(10-8-15)28(31)32/h2-3,5-10,20,23,25H,4,11-14H2,1H3/t20-,23-/m0/s1. The first-order valence-electron chi connectivity index (χ1n) is 10.9. The number of aromatic nitrogens is 1. The van der Waals surface area contributed by atoms with Crippen molar-refractivity contribution >= 4 is 28.4 Å². The molecule has 33 heavy (non-hydrogen) atoms. The van der Waals surface area contributed by atoms with Gasteiger partial charge in [0.05, 0.1) is 17.5 Å². The topological polar surface area (TPSA) is 109 Å². The Kier molecular flexibility index (Phi) is 5.33. The Morgan fingerprint density at radius 2 is 1.91 bits per heavy atom. The zero-order valence-corrected chi connectivity index (χ0v) is 18.2. The Bertz CT molecular complexity index is 1240. The molecular weight excluding hydrogens is 424 g/mol. The summed E-state index contributed by atoms with van der Waals surface area (Å²) in [6.07, 6.45) is 1.08. The van der Waals surface area contributed by atoms with Gasteiger partial charge in [0.2, 0.25) is 11.8 Å². The molecule has 2 amide bonds. The molecule has 170 valence electrons. The highest BCUT2D eigenvalue weighted by Gasteiger charge is 2.48. The van der Waals surface area contributed by atoms with Crippen LogP contribution in [0.1, 0.15) is 29.3 Å². The van der Waals surface area contributed by atoms with Crippen LogP contribution in [0.15, 0.2) is 48.5 Å². The second-order valence-corrected chi connectivity index (χ2v) is 8.44. The van der Waals surface area contributed by atoms with Crippen molar-refractivity contribution in [3.8, 4) is 0 Å². The van der Waals surface area contributed by atoms with Crippen LogP contribution >= 0.6 is 0 Å². The number of methoxy groups -OCH3 is 1. The van der Waals surface area contributed by atoms with Gasteiger partial charge in [0.15, 0.2) is 0 Å². The van der Waals surface area contributed by atoms with Crippen molar-refractivity contribution in [3.63, 3.8) is 0 Å². The van der Waals surface area contributed by atoms with Crippen molar-refractivity contribution in [1.82, 2.24) is 14.8 Å². The average molecular weight is 448 g/mol. The zero-order chi connectivity index (χ0) is 23.1. The maximum atomic E-state index is 13.5. The van der Waals surface area contributed by atoms with E-state index in [1.807, 2.05) is 24.3 Å². The Balaban J connectivity index is 1.60. The van der Waals surface area contributed by atoms with Crippen LogP contribution in [-0.4, -0.2) is 64.4 Å². The largest absolute Gasteiger partial charge is 0.385 e. The molecule has 0 unspecified atom stereocenters. The third kappa shape index (κ3) is 3.54. The first kappa shape index (κ1) is 21.1. The number of nitro groups is 1. The molecule has 2 aromatic carbocycles. The number of aromatic amines is 1. The van der Waals surface area contributed by atoms with E-state index in [1.54, 1.807) is 29.0 Å². The number of para-hydroxylation sites is 1. The first-order valence-corrected chi connectivity index (χ1v) is 10.9. The van der Waals surface area contributed by atoms with E-state index < -0.39 is 17.0 Å². The third-order valence-corrected chi connectivity index (χ3v) is 6.54. The van der Waals surface area contributed by atoms with Crippen LogP contribution in [0.4, 0.5) is 5.69 Å². The number of hydrogen-bond acceptors (Lipinski definition) is 5. The number of hydrogen-bond donors (Lipinski definition) is 1. The first-order chi connectivity index (χ1) is 16.0. The molecule has 9 heteroatoms. The second kappa shape index (κ2) is 8.32. The number of rotatable bonds is 6. The number of ether oxygens (including phenoxy) is 1. The number of carbonyl (C=O) groups is 2. The Labute approximate surface area is 190 Å². The molecule has 2 aliphatic heterocycles. The van der Waals surface area contributed by atoms with E-state index in [0.717, 1.165) is 27.7 Å². The Morgan fingerprint density at radius 3 is 2.64 bits per heavy atom. The van der Waals surface area contributed by atoms with Crippen LogP contribution in [0, 0.1) is 10.1 Å². The van der Waals surface area contributed by atoms with Gasteiger partial charge in [-0.25, -0.2) is 0 Å². The van der Waals surface area contributed by atoms with Crippen molar-refractivity contribution in [3.05, 3.63) is 75.5 Å². The number of nitrogens with zero attached hydrogens (tertiary/aromatic N) is 3. The lowest BCUT2D eigenvalue weighted by Gasteiger charge is -2.47. The molecule has 0 radical (unpaired) electrons. The number of non-ortho nitro benzene ring substituents is 1. The predicted octanol–water partition coefficient (Wildman–Crippen LogP) is 2.80. The van der Waals surface area contributed by atoms with E-state index in [2.05, 4.69) is 4.98 Å². The summed E-state index contributed by atoms with van der Waals surface area (Å²) in [5.74, 6) is -0.210. The fourth-order valence-electron chi connectivity index (χ4n) is 5.04. The lowest BCUT2D eigenvalue weighted by Crippen LogP contribution is -2.63. The van der Waals surface area contributed by atoms with Crippen LogP contribution < -0.4 is 0 Å². The molecule has 2 aliphatic rings. The summed E-state index contributed by atoms with van der Waals surface area (Å²) in [7, 11) is 1.61. The zero-order valence-electron chi connectivity index (χ0n) is 18.2. The number of nitro benzene ring substituents is 1. The van der Waals surface area contributed by atoms with Crippen LogP contribution in [0.25, 0.3) is 10.9 Å². The minimum absolute atomic E-state index is 0.0120. The summed E-state index contributed by atoms with van der Waals surface area (Å²) < 4.78 is 5.10. The van der Waals surface area contributed by atoms with Gasteiger partial charge < -0.3 is 19.5 Å². The monoisotopic (exact) mass is 448 g/mol. The van der Waals surface area contributed by atoms with E-state index in [0.29, 0.717) is 26.0 Å². The maximum absolute atomic E-state index is 13.5. The van der Waals surface area contributed by atoms with E-state index in [-0.39, 0.29) is 24.0 Å². The number of benzene rings is 2. The van der Waals surface area contributed by atoms with Crippen LogP contribution in [-0.2, 0) is 20.7 Å². The van der Waals surface area contributed by atoms with Gasteiger partial charge in [-0.3, -0.25) is 19.7 Å². The van der Waals surface area contributed by atoms with Gasteiger partial charge in [-0.15, -0.1) is 0 Å². The summed E-state index contributed by atoms with van der Waals surface area (Å²) in [4.78, 5) is 44.3. The third-order valence-electron chi connectivity index (χ3n) is 6.54. The molecule has 0 bridgehead atoms. The molecule has 9 nitrogen and oxygen atoms in total. The van der Waals surface area contributed by atoms with Crippen LogP contribution in [0.3, 0.4) is 0 Å². The molecule has 0 aliphatic carbocycles. The Morgan fingerprint density at radius 1 is 1.15 bits per heavy atom. The second-order valence-electron chi connectivity index (χ2n) is 8.44. The summed E-state index contributed by atoms with van der Waals surface area (Å²) >= 11 is 0. The number of piperazine rings is 1. The summed E-state index contributed by atoms with van der Waals surface area (Å²) in [5, 5.41) is 12.2. The lowest BCUT2D eigenvalue weighted by molar-refractivity contribution is -0.384. The minimum Gasteiger partial charge on any atom is -0.385 e. The smallest absolute Gasteiger partial charge is 0.269 e. The van der Waals surface area contributed by atoms with Crippen molar-refractivity contribution < 1.29 is 19.2 Å². The molecule has 3 aromatic rings. The van der Waals surface area contributed by atoms with Gasteiger partial charge in [-0.2, -0.15) is 0 Å². The van der Waals surface area contributed by atoms with E-state index >= 15 is 0 Å². The summed E-state index contributed by atoms with van der Waals surface area (Å²) in [6.45, 7) is 0.994. The molecule has 0 spiro atoms. The van der Waals surface area contributed by atoms with E-state index in [1.165, 1.54) is 12.1 Å². The van der Waals surface area contributed by atoms with E-state index in [9.17, 15) is 19.7 Å². The predicted molar refractivity (Wildman–Crippen MR) is 121 cm³/mol. The highest BCUT2D eigenvalue weighted by Crippen LogP contribution is 2.42. The number of H-pyrrole nitrogens is 1. The normalized spacial score (nSPS) is 20.2. The molecule has 1 saturated heterocycles. The Hall–Kier alpha value is -3.72. The molecule has 3 heterocycles. The number of carbonyl (C=O) groups excluding carboxylic acids is 2. The van der Waals surface area contributed by atoms with Gasteiger partial charge >= 0.3 is 0 Å². The van der Waals surface area contributed by atoms with Crippen LogP contribution in [0.2, 0.25) is 0 Å². The molecule has 0 saturated carbocycles. The molecular formula is C24H24N4O5. The molecule has 1 fully saturated rings. The number of fused-ring (bicyclic) bond motifs is 4. The summed E-state index contributed by atoms with van der Waals surface area (Å²) in [6, 6.07) is 12.9.